The van der Waals surface area contributed by atoms with Gasteiger partial charge in [-0.15, -0.1) is 13.2 Å². The standard InChI is InChI=1S/C27H27F3N2O4/c1-26(2,3)19-7-5-18(6-8-19)17-32(24(33)25(34)35-4)22-13-9-20(10-14-22)31-21-11-15-23(16-12-21)36-27(28,29)30/h5-16,31H,17H2,1-4H3. The average Bonchev–Trinajstić information content (AvgIpc) is 2.82. The molecule has 0 heterocycles. The number of hydrogen-bond acceptors (Lipinski definition) is 5. The SMILES string of the molecule is COC(=O)C(=O)N(Cc1ccc(C(C)(C)C)cc1)c1ccc(Nc2ccc(OC(F)(F)F)cc2)cc1. The van der Waals surface area contributed by atoms with Gasteiger partial charge < -0.3 is 14.8 Å². The first kappa shape index (κ1) is 26.6. The zero-order valence-electron chi connectivity index (χ0n) is 20.3. The molecule has 9 heteroatoms. The van der Waals surface area contributed by atoms with E-state index in [1.54, 1.807) is 24.3 Å². The van der Waals surface area contributed by atoms with E-state index in [0.29, 0.717) is 17.1 Å². The molecule has 0 aliphatic carbocycles. The van der Waals surface area contributed by atoms with E-state index in [1.165, 1.54) is 29.2 Å². The van der Waals surface area contributed by atoms with Crippen molar-refractivity contribution in [2.45, 2.75) is 39.1 Å². The van der Waals surface area contributed by atoms with Gasteiger partial charge in [-0.1, -0.05) is 45.0 Å². The van der Waals surface area contributed by atoms with Crippen LogP contribution in [0.5, 0.6) is 5.75 Å². The fraction of sp³-hybridized carbons (Fsp3) is 0.259. The molecule has 0 spiro atoms. The maximum atomic E-state index is 12.8. The molecular formula is C27H27F3N2O4. The number of nitrogens with zero attached hydrogens (tertiary/aromatic N) is 1. The van der Waals surface area contributed by atoms with Gasteiger partial charge in [0.25, 0.3) is 0 Å². The number of methoxy groups -OCH3 is 1. The fourth-order valence-electron chi connectivity index (χ4n) is 3.40. The minimum atomic E-state index is -4.76. The Labute approximate surface area is 207 Å². The van der Waals surface area contributed by atoms with Crippen LogP contribution in [0.25, 0.3) is 0 Å². The van der Waals surface area contributed by atoms with Crippen molar-refractivity contribution in [3.63, 3.8) is 0 Å². The van der Waals surface area contributed by atoms with Crippen LogP contribution in [0.1, 0.15) is 31.9 Å². The molecule has 36 heavy (non-hydrogen) atoms. The van der Waals surface area contributed by atoms with E-state index < -0.39 is 18.2 Å². The van der Waals surface area contributed by atoms with Crippen molar-refractivity contribution in [3.05, 3.63) is 83.9 Å². The Morgan fingerprint density at radius 3 is 1.83 bits per heavy atom. The summed E-state index contributed by atoms with van der Waals surface area (Å²) in [5, 5.41) is 3.06. The zero-order chi connectivity index (χ0) is 26.5. The van der Waals surface area contributed by atoms with Crippen LogP contribution in [-0.4, -0.2) is 25.3 Å². The molecule has 0 aromatic heterocycles. The summed E-state index contributed by atoms with van der Waals surface area (Å²) in [6, 6.07) is 19.8. The predicted molar refractivity (Wildman–Crippen MR) is 131 cm³/mol. The van der Waals surface area contributed by atoms with Gasteiger partial charge in [0.05, 0.1) is 13.7 Å². The van der Waals surface area contributed by atoms with E-state index in [-0.39, 0.29) is 17.7 Å². The summed E-state index contributed by atoms with van der Waals surface area (Å²) in [4.78, 5) is 26.1. The lowest BCUT2D eigenvalue weighted by Crippen LogP contribution is -2.36. The number of carbonyl (C=O) groups excluding carboxylic acids is 2. The first-order chi connectivity index (χ1) is 16.9. The van der Waals surface area contributed by atoms with Crippen LogP contribution < -0.4 is 15.0 Å². The summed E-state index contributed by atoms with van der Waals surface area (Å²) in [6.45, 7) is 6.48. The van der Waals surface area contributed by atoms with Gasteiger partial charge in [0, 0.05) is 17.1 Å². The number of halogens is 3. The van der Waals surface area contributed by atoms with Crippen molar-refractivity contribution in [3.8, 4) is 5.75 Å². The number of alkyl halides is 3. The van der Waals surface area contributed by atoms with Crippen molar-refractivity contribution in [2.24, 2.45) is 0 Å². The van der Waals surface area contributed by atoms with E-state index in [0.717, 1.165) is 18.2 Å². The number of rotatable bonds is 6. The van der Waals surface area contributed by atoms with Gasteiger partial charge >= 0.3 is 18.2 Å². The molecule has 1 N–H and O–H groups in total. The van der Waals surface area contributed by atoms with Gasteiger partial charge in [-0.05, 0) is 65.1 Å². The number of carbonyl (C=O) groups is 2. The Bertz CT molecular complexity index is 1180. The molecule has 0 saturated heterocycles. The number of nitrogens with one attached hydrogen (secondary N) is 1. The molecular weight excluding hydrogens is 473 g/mol. The highest BCUT2D eigenvalue weighted by Gasteiger charge is 2.31. The summed E-state index contributed by atoms with van der Waals surface area (Å²) in [5.74, 6) is -2.11. The minimum absolute atomic E-state index is 0.0193. The van der Waals surface area contributed by atoms with E-state index in [2.05, 4.69) is 35.6 Å². The van der Waals surface area contributed by atoms with Crippen LogP contribution in [0.3, 0.4) is 0 Å². The molecule has 0 bridgehead atoms. The quantitative estimate of drug-likeness (QED) is 0.316. The van der Waals surface area contributed by atoms with Gasteiger partial charge in [-0.25, -0.2) is 4.79 Å². The summed E-state index contributed by atoms with van der Waals surface area (Å²) in [5.41, 5.74) is 3.61. The normalized spacial score (nSPS) is 11.5. The van der Waals surface area contributed by atoms with Crippen molar-refractivity contribution >= 4 is 28.9 Å². The molecule has 3 rings (SSSR count). The van der Waals surface area contributed by atoms with Crippen molar-refractivity contribution in [2.75, 3.05) is 17.3 Å². The molecule has 190 valence electrons. The highest BCUT2D eigenvalue weighted by molar-refractivity contribution is 6.38. The van der Waals surface area contributed by atoms with Crippen molar-refractivity contribution < 1.29 is 32.2 Å². The van der Waals surface area contributed by atoms with E-state index in [9.17, 15) is 22.8 Å². The highest BCUT2D eigenvalue weighted by atomic mass is 19.4. The molecule has 0 fully saturated rings. The Hall–Kier alpha value is -4.01. The van der Waals surface area contributed by atoms with E-state index in [4.69, 9.17) is 0 Å². The fourth-order valence-corrected chi connectivity index (χ4v) is 3.40. The zero-order valence-corrected chi connectivity index (χ0v) is 20.3. The number of ether oxygens (including phenoxy) is 2. The van der Waals surface area contributed by atoms with Crippen LogP contribution in [0.4, 0.5) is 30.2 Å². The van der Waals surface area contributed by atoms with Crippen LogP contribution in [0, 0.1) is 0 Å². The minimum Gasteiger partial charge on any atom is -0.462 e. The van der Waals surface area contributed by atoms with Crippen LogP contribution >= 0.6 is 0 Å². The number of esters is 1. The first-order valence-corrected chi connectivity index (χ1v) is 11.1. The third kappa shape index (κ3) is 7.24. The van der Waals surface area contributed by atoms with Crippen LogP contribution in [0.2, 0.25) is 0 Å². The Morgan fingerprint density at radius 2 is 1.36 bits per heavy atom. The molecule has 1 amide bonds. The van der Waals surface area contributed by atoms with Gasteiger partial charge in [0.2, 0.25) is 0 Å². The second kappa shape index (κ2) is 10.7. The maximum absolute atomic E-state index is 12.8. The molecule has 0 aliphatic heterocycles. The van der Waals surface area contributed by atoms with Crippen molar-refractivity contribution in [1.29, 1.82) is 0 Å². The Kier molecular flexibility index (Phi) is 7.92. The Morgan fingerprint density at radius 1 is 0.833 bits per heavy atom. The highest BCUT2D eigenvalue weighted by Crippen LogP contribution is 2.27. The molecule has 0 unspecified atom stereocenters. The Balaban J connectivity index is 1.77. The van der Waals surface area contributed by atoms with Crippen molar-refractivity contribution in [1.82, 2.24) is 0 Å². The molecule has 3 aromatic rings. The van der Waals surface area contributed by atoms with E-state index >= 15 is 0 Å². The maximum Gasteiger partial charge on any atom is 0.573 e. The second-order valence-electron chi connectivity index (χ2n) is 9.07. The van der Waals surface area contributed by atoms with Gasteiger partial charge in [0.1, 0.15) is 5.75 Å². The lowest BCUT2D eigenvalue weighted by molar-refractivity contribution is -0.274. The molecule has 0 radical (unpaired) electrons. The van der Waals surface area contributed by atoms with Gasteiger partial charge in [-0.2, -0.15) is 0 Å². The number of anilines is 3. The average molecular weight is 501 g/mol. The number of hydrogen-bond donors (Lipinski definition) is 1. The van der Waals surface area contributed by atoms with Crippen LogP contribution in [-0.2, 0) is 26.3 Å². The smallest absolute Gasteiger partial charge is 0.462 e. The van der Waals surface area contributed by atoms with Crippen LogP contribution in [0.15, 0.2) is 72.8 Å². The van der Waals surface area contributed by atoms with E-state index in [1.807, 2.05) is 24.3 Å². The predicted octanol–water partition coefficient (Wildman–Crippen LogP) is 6.33. The number of benzene rings is 3. The lowest BCUT2D eigenvalue weighted by Gasteiger charge is -2.23. The van der Waals surface area contributed by atoms with Gasteiger partial charge in [-0.3, -0.25) is 9.69 Å². The first-order valence-electron chi connectivity index (χ1n) is 11.1. The largest absolute Gasteiger partial charge is 0.573 e. The number of amides is 1. The summed E-state index contributed by atoms with van der Waals surface area (Å²) < 4.78 is 45.5. The molecule has 3 aromatic carbocycles. The summed E-state index contributed by atoms with van der Waals surface area (Å²) >= 11 is 0. The lowest BCUT2D eigenvalue weighted by atomic mass is 9.87. The molecule has 0 aliphatic rings. The molecule has 6 nitrogen and oxygen atoms in total. The summed E-state index contributed by atoms with van der Waals surface area (Å²) in [7, 11) is 1.15. The topological polar surface area (TPSA) is 67.9 Å². The third-order valence-corrected chi connectivity index (χ3v) is 5.32. The monoisotopic (exact) mass is 500 g/mol. The summed E-state index contributed by atoms with van der Waals surface area (Å²) in [6.07, 6.45) is -4.76. The third-order valence-electron chi connectivity index (χ3n) is 5.32. The van der Waals surface area contributed by atoms with Gasteiger partial charge in [0.15, 0.2) is 0 Å². The second-order valence-corrected chi connectivity index (χ2v) is 9.07. The molecule has 0 saturated carbocycles. The molecule has 0 atom stereocenters.